The molecular formula is C11H18N2O. The van der Waals surface area contributed by atoms with Gasteiger partial charge in [-0.15, -0.1) is 0 Å². The zero-order valence-electron chi connectivity index (χ0n) is 9.37. The summed E-state index contributed by atoms with van der Waals surface area (Å²) in [6.07, 6.45) is 0. The molecule has 0 aliphatic rings. The van der Waals surface area contributed by atoms with E-state index < -0.39 is 0 Å². The zero-order valence-corrected chi connectivity index (χ0v) is 9.37. The summed E-state index contributed by atoms with van der Waals surface area (Å²) in [5.41, 5.74) is 2.01. The van der Waals surface area contributed by atoms with E-state index in [2.05, 4.69) is 9.88 Å². The fourth-order valence-corrected chi connectivity index (χ4v) is 1.23. The highest BCUT2D eigenvalue weighted by Crippen LogP contribution is 2.12. The number of hydrogen-bond acceptors (Lipinski definition) is 3. The van der Waals surface area contributed by atoms with Crippen LogP contribution < -0.4 is 4.74 Å². The Hall–Kier alpha value is -1.09. The third kappa shape index (κ3) is 3.75. The van der Waals surface area contributed by atoms with E-state index >= 15 is 0 Å². The van der Waals surface area contributed by atoms with Crippen LogP contribution >= 0.6 is 0 Å². The Labute approximate surface area is 85.7 Å². The Morgan fingerprint density at radius 2 is 1.79 bits per heavy atom. The molecule has 0 aliphatic heterocycles. The van der Waals surface area contributed by atoms with Crippen molar-refractivity contribution in [2.75, 3.05) is 27.2 Å². The third-order valence-corrected chi connectivity index (χ3v) is 1.86. The van der Waals surface area contributed by atoms with Gasteiger partial charge in [-0.1, -0.05) is 0 Å². The van der Waals surface area contributed by atoms with Crippen molar-refractivity contribution in [2.24, 2.45) is 0 Å². The second-order valence-electron chi connectivity index (χ2n) is 3.74. The van der Waals surface area contributed by atoms with Crippen molar-refractivity contribution in [1.29, 1.82) is 0 Å². The molecule has 0 bridgehead atoms. The first kappa shape index (κ1) is 11.0. The van der Waals surface area contributed by atoms with Gasteiger partial charge in [0, 0.05) is 30.1 Å². The number of rotatable bonds is 4. The molecule has 0 aromatic carbocycles. The highest BCUT2D eigenvalue weighted by atomic mass is 16.5. The maximum absolute atomic E-state index is 5.60. The predicted molar refractivity (Wildman–Crippen MR) is 57.8 cm³/mol. The predicted octanol–water partition coefficient (Wildman–Crippen LogP) is 1.64. The van der Waals surface area contributed by atoms with Crippen LogP contribution in [0.1, 0.15) is 11.4 Å². The fourth-order valence-electron chi connectivity index (χ4n) is 1.23. The van der Waals surface area contributed by atoms with E-state index in [-0.39, 0.29) is 0 Å². The van der Waals surface area contributed by atoms with Crippen molar-refractivity contribution in [1.82, 2.24) is 9.88 Å². The molecule has 0 N–H and O–H groups in total. The maximum Gasteiger partial charge on any atom is 0.122 e. The lowest BCUT2D eigenvalue weighted by Gasteiger charge is -2.11. The maximum atomic E-state index is 5.60. The van der Waals surface area contributed by atoms with E-state index in [1.165, 1.54) is 0 Å². The number of likely N-dealkylation sites (N-methyl/N-ethyl adjacent to an activating group) is 1. The average Bonchev–Trinajstić information content (AvgIpc) is 2.01. The van der Waals surface area contributed by atoms with E-state index in [1.807, 2.05) is 40.1 Å². The second-order valence-corrected chi connectivity index (χ2v) is 3.74. The molecule has 78 valence electrons. The largest absolute Gasteiger partial charge is 0.492 e. The van der Waals surface area contributed by atoms with E-state index in [0.29, 0.717) is 0 Å². The lowest BCUT2D eigenvalue weighted by Crippen LogP contribution is -2.19. The molecule has 0 amide bonds. The number of pyridine rings is 1. The summed E-state index contributed by atoms with van der Waals surface area (Å²) < 4.78 is 5.60. The van der Waals surface area contributed by atoms with Gasteiger partial charge in [0.25, 0.3) is 0 Å². The van der Waals surface area contributed by atoms with Gasteiger partial charge in [0.2, 0.25) is 0 Å². The minimum Gasteiger partial charge on any atom is -0.492 e. The van der Waals surface area contributed by atoms with Crippen molar-refractivity contribution in [3.05, 3.63) is 23.5 Å². The Kier molecular flexibility index (Phi) is 3.89. The van der Waals surface area contributed by atoms with Gasteiger partial charge >= 0.3 is 0 Å². The van der Waals surface area contributed by atoms with E-state index in [0.717, 1.165) is 30.3 Å². The topological polar surface area (TPSA) is 25.4 Å². The fraction of sp³-hybridized carbons (Fsp3) is 0.545. The molecule has 0 aliphatic carbocycles. The Morgan fingerprint density at radius 1 is 1.21 bits per heavy atom. The van der Waals surface area contributed by atoms with Crippen molar-refractivity contribution in [3.8, 4) is 5.75 Å². The van der Waals surface area contributed by atoms with Gasteiger partial charge in [-0.2, -0.15) is 0 Å². The molecule has 3 nitrogen and oxygen atoms in total. The smallest absolute Gasteiger partial charge is 0.122 e. The van der Waals surface area contributed by atoms with Gasteiger partial charge < -0.3 is 9.64 Å². The van der Waals surface area contributed by atoms with E-state index in [9.17, 15) is 0 Å². The van der Waals surface area contributed by atoms with Crippen LogP contribution in [-0.2, 0) is 0 Å². The standard InChI is InChI=1S/C11H18N2O/c1-9-7-11(8-10(2)12-9)14-6-5-13(3)4/h7-8H,5-6H2,1-4H3. The highest BCUT2D eigenvalue weighted by molar-refractivity contribution is 5.25. The summed E-state index contributed by atoms with van der Waals surface area (Å²) in [6, 6.07) is 3.92. The quantitative estimate of drug-likeness (QED) is 0.728. The van der Waals surface area contributed by atoms with Crippen LogP contribution in [0, 0.1) is 13.8 Å². The molecule has 0 atom stereocenters. The Balaban J connectivity index is 2.50. The molecule has 0 spiro atoms. The van der Waals surface area contributed by atoms with Gasteiger partial charge in [0.05, 0.1) is 0 Å². The van der Waals surface area contributed by atoms with Crippen LogP contribution in [0.5, 0.6) is 5.75 Å². The third-order valence-electron chi connectivity index (χ3n) is 1.86. The molecule has 1 aromatic rings. The van der Waals surface area contributed by atoms with E-state index in [1.54, 1.807) is 0 Å². The summed E-state index contributed by atoms with van der Waals surface area (Å²) >= 11 is 0. The number of aromatic nitrogens is 1. The highest BCUT2D eigenvalue weighted by Gasteiger charge is 1.98. The normalized spacial score (nSPS) is 10.6. The van der Waals surface area contributed by atoms with Gasteiger partial charge in [-0.25, -0.2) is 0 Å². The summed E-state index contributed by atoms with van der Waals surface area (Å²) in [5.74, 6) is 0.914. The van der Waals surface area contributed by atoms with Crippen LogP contribution in [0.3, 0.4) is 0 Å². The first-order valence-corrected chi connectivity index (χ1v) is 4.81. The lowest BCUT2D eigenvalue weighted by molar-refractivity contribution is 0.261. The minimum absolute atomic E-state index is 0.718. The number of aryl methyl sites for hydroxylation is 2. The Morgan fingerprint density at radius 3 is 2.29 bits per heavy atom. The summed E-state index contributed by atoms with van der Waals surface area (Å²) in [6.45, 7) is 5.61. The van der Waals surface area contributed by atoms with E-state index in [4.69, 9.17) is 4.74 Å². The monoisotopic (exact) mass is 194 g/mol. The molecule has 0 saturated carbocycles. The summed E-state index contributed by atoms with van der Waals surface area (Å²) in [5, 5.41) is 0. The molecular weight excluding hydrogens is 176 g/mol. The van der Waals surface area contributed by atoms with Gasteiger partial charge in [-0.3, -0.25) is 4.98 Å². The zero-order chi connectivity index (χ0) is 10.6. The van der Waals surface area contributed by atoms with Crippen LogP contribution in [0.4, 0.5) is 0 Å². The molecule has 1 aromatic heterocycles. The first-order valence-electron chi connectivity index (χ1n) is 4.81. The summed E-state index contributed by atoms with van der Waals surface area (Å²) in [7, 11) is 4.07. The lowest BCUT2D eigenvalue weighted by atomic mass is 10.3. The van der Waals surface area contributed by atoms with Gasteiger partial charge in [0.15, 0.2) is 0 Å². The van der Waals surface area contributed by atoms with Crippen molar-refractivity contribution >= 4 is 0 Å². The second kappa shape index (κ2) is 4.96. The molecule has 14 heavy (non-hydrogen) atoms. The molecule has 1 heterocycles. The molecule has 0 radical (unpaired) electrons. The average molecular weight is 194 g/mol. The first-order chi connectivity index (χ1) is 6.58. The number of ether oxygens (including phenoxy) is 1. The van der Waals surface area contributed by atoms with Gasteiger partial charge in [-0.05, 0) is 27.9 Å². The molecule has 1 rings (SSSR count). The number of nitrogens with zero attached hydrogens (tertiary/aromatic N) is 2. The Bertz CT molecular complexity index is 277. The van der Waals surface area contributed by atoms with Crippen LogP contribution in [0.25, 0.3) is 0 Å². The number of hydrogen-bond donors (Lipinski definition) is 0. The van der Waals surface area contributed by atoms with Crippen LogP contribution in [0.15, 0.2) is 12.1 Å². The minimum atomic E-state index is 0.718. The molecule has 0 unspecified atom stereocenters. The van der Waals surface area contributed by atoms with Crippen molar-refractivity contribution < 1.29 is 4.74 Å². The summed E-state index contributed by atoms with van der Waals surface area (Å²) in [4.78, 5) is 6.39. The van der Waals surface area contributed by atoms with Gasteiger partial charge in [0.1, 0.15) is 12.4 Å². The van der Waals surface area contributed by atoms with Crippen molar-refractivity contribution in [3.63, 3.8) is 0 Å². The van der Waals surface area contributed by atoms with Crippen LogP contribution in [0.2, 0.25) is 0 Å². The SMILES string of the molecule is Cc1cc(OCCN(C)C)cc(C)n1. The van der Waals surface area contributed by atoms with Crippen LogP contribution in [-0.4, -0.2) is 37.1 Å². The molecule has 0 fully saturated rings. The van der Waals surface area contributed by atoms with Crippen molar-refractivity contribution in [2.45, 2.75) is 13.8 Å². The molecule has 3 heteroatoms. The molecule has 0 saturated heterocycles.